The molecule has 2 aliphatic heterocycles. The minimum atomic E-state index is 0.734. The van der Waals surface area contributed by atoms with Gasteiger partial charge in [0.15, 0.2) is 0 Å². The zero-order chi connectivity index (χ0) is 16.2. The van der Waals surface area contributed by atoms with E-state index in [1.54, 1.807) is 0 Å². The van der Waals surface area contributed by atoms with E-state index >= 15 is 0 Å². The maximum Gasteiger partial charge on any atom is 0.224 e. The fourth-order valence-corrected chi connectivity index (χ4v) is 3.83. The zero-order valence-electron chi connectivity index (χ0n) is 14.1. The molecule has 3 heterocycles. The summed E-state index contributed by atoms with van der Waals surface area (Å²) >= 11 is 3.68. The summed E-state index contributed by atoms with van der Waals surface area (Å²) < 4.78 is 1.20. The van der Waals surface area contributed by atoms with Gasteiger partial charge in [-0.15, -0.1) is 0 Å². The van der Waals surface area contributed by atoms with E-state index in [9.17, 15) is 0 Å². The maximum absolute atomic E-state index is 4.76. The van der Waals surface area contributed by atoms with Crippen molar-refractivity contribution in [2.24, 2.45) is 0 Å². The quantitative estimate of drug-likeness (QED) is 0.850. The van der Waals surface area contributed by atoms with Crippen LogP contribution in [0.25, 0.3) is 6.08 Å². The molecule has 0 saturated carbocycles. The minimum Gasteiger partial charge on any atom is -0.354 e. The van der Waals surface area contributed by atoms with Crippen LogP contribution in [0.1, 0.15) is 37.4 Å². The molecule has 1 fully saturated rings. The lowest BCUT2D eigenvalue weighted by Crippen LogP contribution is -2.39. The summed E-state index contributed by atoms with van der Waals surface area (Å²) in [5, 5.41) is 3.24. The number of nitrogens with zero attached hydrogens (tertiary/aromatic N) is 4. The molecule has 1 saturated heterocycles. The van der Waals surface area contributed by atoms with Crippen molar-refractivity contribution in [3.63, 3.8) is 0 Å². The molecule has 0 aliphatic carbocycles. The second-order valence-electron chi connectivity index (χ2n) is 6.32. The smallest absolute Gasteiger partial charge is 0.224 e. The number of piperidine rings is 1. The van der Waals surface area contributed by atoms with Gasteiger partial charge in [-0.3, -0.25) is 0 Å². The molecule has 23 heavy (non-hydrogen) atoms. The number of hydrogen-bond acceptors (Lipinski definition) is 5. The third-order valence-electron chi connectivity index (χ3n) is 4.53. The van der Waals surface area contributed by atoms with Gasteiger partial charge in [-0.05, 0) is 45.9 Å². The Morgan fingerprint density at radius 3 is 2.70 bits per heavy atom. The molecule has 1 aromatic rings. The fraction of sp³-hybridized carbons (Fsp3) is 0.647. The third kappa shape index (κ3) is 4.04. The van der Waals surface area contributed by atoms with Crippen LogP contribution in [-0.4, -0.2) is 54.1 Å². The molecule has 3 rings (SSSR count). The van der Waals surface area contributed by atoms with Gasteiger partial charge in [0.1, 0.15) is 5.82 Å². The van der Waals surface area contributed by atoms with Crippen molar-refractivity contribution in [2.45, 2.75) is 33.1 Å². The largest absolute Gasteiger partial charge is 0.354 e. The summed E-state index contributed by atoms with van der Waals surface area (Å²) in [6, 6.07) is 0. The Morgan fingerprint density at radius 2 is 1.96 bits per heavy atom. The van der Waals surface area contributed by atoms with Crippen LogP contribution in [-0.2, 0) is 0 Å². The monoisotopic (exact) mass is 379 g/mol. The summed E-state index contributed by atoms with van der Waals surface area (Å²) in [6.07, 6.45) is 6.23. The highest BCUT2D eigenvalue weighted by atomic mass is 79.9. The van der Waals surface area contributed by atoms with Gasteiger partial charge >= 0.3 is 0 Å². The predicted octanol–water partition coefficient (Wildman–Crippen LogP) is 3.26. The number of aromatic nitrogens is 2. The molecule has 6 heteroatoms. The van der Waals surface area contributed by atoms with Crippen LogP contribution < -0.4 is 10.2 Å². The number of anilines is 2. The van der Waals surface area contributed by atoms with E-state index in [1.165, 1.54) is 36.8 Å². The van der Waals surface area contributed by atoms with Gasteiger partial charge in [0, 0.05) is 29.7 Å². The fourth-order valence-electron chi connectivity index (χ4n) is 3.30. The van der Waals surface area contributed by atoms with Crippen LogP contribution in [0.15, 0.2) is 4.48 Å². The highest BCUT2D eigenvalue weighted by Crippen LogP contribution is 2.31. The van der Waals surface area contributed by atoms with Crippen molar-refractivity contribution in [1.82, 2.24) is 14.9 Å². The van der Waals surface area contributed by atoms with Gasteiger partial charge in [-0.2, -0.15) is 4.98 Å². The number of likely N-dealkylation sites (tertiary alicyclic amines) is 1. The molecule has 0 amide bonds. The summed E-state index contributed by atoms with van der Waals surface area (Å²) in [5.41, 5.74) is 2.17. The molecule has 0 aromatic carbocycles. The van der Waals surface area contributed by atoms with Gasteiger partial charge < -0.3 is 15.1 Å². The molecule has 0 atom stereocenters. The first-order valence-corrected chi connectivity index (χ1v) is 9.42. The first-order valence-electron chi connectivity index (χ1n) is 8.63. The van der Waals surface area contributed by atoms with Crippen LogP contribution >= 0.6 is 15.9 Å². The van der Waals surface area contributed by atoms with Crippen molar-refractivity contribution in [2.75, 3.05) is 49.5 Å². The second-order valence-corrected chi connectivity index (χ2v) is 7.33. The third-order valence-corrected chi connectivity index (χ3v) is 5.01. The average Bonchev–Trinajstić information content (AvgIpc) is 2.55. The normalized spacial score (nSPS) is 18.6. The lowest BCUT2D eigenvalue weighted by atomic mass is 10.1. The van der Waals surface area contributed by atoms with E-state index in [4.69, 9.17) is 4.98 Å². The predicted molar refractivity (Wildman–Crippen MR) is 100 cm³/mol. The topological polar surface area (TPSA) is 44.3 Å². The zero-order valence-corrected chi connectivity index (χ0v) is 15.7. The number of rotatable bonds is 5. The van der Waals surface area contributed by atoms with E-state index in [1.807, 2.05) is 0 Å². The highest BCUT2D eigenvalue weighted by molar-refractivity contribution is 9.11. The Bertz CT molecular complexity index is 581. The SMILES string of the molecule is CCNc1nc(C)c2c(n1)N(CCN1CCCCC1)CC(Br)=C2. The van der Waals surface area contributed by atoms with Crippen LogP contribution in [0, 0.1) is 6.92 Å². The Labute approximate surface area is 147 Å². The second kappa shape index (κ2) is 7.62. The molecule has 0 radical (unpaired) electrons. The van der Waals surface area contributed by atoms with Crippen LogP contribution in [0.2, 0.25) is 0 Å². The molecule has 0 spiro atoms. The van der Waals surface area contributed by atoms with Crippen LogP contribution in [0.3, 0.4) is 0 Å². The van der Waals surface area contributed by atoms with Gasteiger partial charge in [0.25, 0.3) is 0 Å². The number of nitrogens with one attached hydrogen (secondary N) is 1. The lowest BCUT2D eigenvalue weighted by molar-refractivity contribution is 0.233. The van der Waals surface area contributed by atoms with Gasteiger partial charge in [0.05, 0.1) is 12.2 Å². The molecular formula is C17H26BrN5. The Morgan fingerprint density at radius 1 is 1.17 bits per heavy atom. The number of fused-ring (bicyclic) bond motifs is 1. The molecule has 1 aromatic heterocycles. The molecule has 1 N–H and O–H groups in total. The minimum absolute atomic E-state index is 0.734. The lowest BCUT2D eigenvalue weighted by Gasteiger charge is -2.33. The summed E-state index contributed by atoms with van der Waals surface area (Å²) in [7, 11) is 0. The Balaban J connectivity index is 1.78. The number of hydrogen-bond donors (Lipinski definition) is 1. The van der Waals surface area contributed by atoms with Crippen molar-refractivity contribution >= 4 is 33.8 Å². The van der Waals surface area contributed by atoms with Gasteiger partial charge in [0.2, 0.25) is 5.95 Å². The number of aryl methyl sites for hydroxylation is 1. The van der Waals surface area contributed by atoms with Crippen molar-refractivity contribution in [1.29, 1.82) is 0 Å². The summed E-state index contributed by atoms with van der Waals surface area (Å²) in [4.78, 5) is 14.3. The maximum atomic E-state index is 4.76. The van der Waals surface area contributed by atoms with E-state index in [0.717, 1.165) is 49.2 Å². The standard InChI is InChI=1S/C17H26BrN5/c1-3-19-17-20-13(2)15-11-14(18)12-23(16(15)21-17)10-9-22-7-5-4-6-8-22/h11H,3-10,12H2,1-2H3,(H,19,20,21). The first-order chi connectivity index (χ1) is 11.2. The highest BCUT2D eigenvalue weighted by Gasteiger charge is 2.22. The van der Waals surface area contributed by atoms with E-state index in [2.05, 4.69) is 56.0 Å². The first kappa shape index (κ1) is 16.7. The summed E-state index contributed by atoms with van der Waals surface area (Å²) in [6.45, 7) is 10.5. The molecular weight excluding hydrogens is 354 g/mol. The molecule has 5 nitrogen and oxygen atoms in total. The molecule has 0 unspecified atom stereocenters. The van der Waals surface area contributed by atoms with Crippen molar-refractivity contribution in [3.05, 3.63) is 15.7 Å². The Kier molecular flexibility index (Phi) is 5.54. The van der Waals surface area contributed by atoms with Crippen molar-refractivity contribution in [3.8, 4) is 0 Å². The Hall–Kier alpha value is -1.14. The van der Waals surface area contributed by atoms with Gasteiger partial charge in [-0.1, -0.05) is 22.4 Å². The van der Waals surface area contributed by atoms with Crippen molar-refractivity contribution < 1.29 is 0 Å². The molecule has 0 bridgehead atoms. The van der Waals surface area contributed by atoms with E-state index in [-0.39, 0.29) is 0 Å². The molecule has 126 valence electrons. The molecule has 2 aliphatic rings. The van der Waals surface area contributed by atoms with Crippen LogP contribution in [0.5, 0.6) is 0 Å². The summed E-state index contributed by atoms with van der Waals surface area (Å²) in [5.74, 6) is 1.80. The number of halogens is 1. The van der Waals surface area contributed by atoms with E-state index < -0.39 is 0 Å². The van der Waals surface area contributed by atoms with E-state index in [0.29, 0.717) is 0 Å². The average molecular weight is 380 g/mol. The van der Waals surface area contributed by atoms with Gasteiger partial charge in [-0.25, -0.2) is 4.98 Å². The van der Waals surface area contributed by atoms with Crippen LogP contribution in [0.4, 0.5) is 11.8 Å².